The summed E-state index contributed by atoms with van der Waals surface area (Å²) in [4.78, 5) is 40.8. The van der Waals surface area contributed by atoms with E-state index in [4.69, 9.17) is 0 Å². The van der Waals surface area contributed by atoms with Crippen LogP contribution in [0.1, 0.15) is 23.2 Å². The van der Waals surface area contributed by atoms with Gasteiger partial charge in [-0.15, -0.1) is 11.3 Å². The van der Waals surface area contributed by atoms with Gasteiger partial charge in [-0.2, -0.15) is 0 Å². The zero-order chi connectivity index (χ0) is 18.1. The van der Waals surface area contributed by atoms with Crippen LogP contribution in [-0.4, -0.2) is 51.7 Å². The minimum atomic E-state index is -0.149. The van der Waals surface area contributed by atoms with E-state index in [1.165, 1.54) is 9.78 Å². The molecule has 0 unspecified atom stereocenters. The third-order valence-corrected chi connectivity index (χ3v) is 6.59. The van der Waals surface area contributed by atoms with E-state index in [0.29, 0.717) is 31.5 Å². The number of hydrogen-bond donors (Lipinski definition) is 0. The van der Waals surface area contributed by atoms with Crippen molar-refractivity contribution in [1.29, 1.82) is 0 Å². The van der Waals surface area contributed by atoms with E-state index in [0.717, 1.165) is 17.3 Å². The van der Waals surface area contributed by atoms with Crippen molar-refractivity contribution >= 4 is 40.2 Å². The SMILES string of the molecule is O=C(c1ccc(-c2cccs2)cc1)N1CCC(N2C(=O)CSC2=O)CC1. The lowest BCUT2D eigenvalue weighted by atomic mass is 10.0. The fourth-order valence-electron chi connectivity index (χ4n) is 3.45. The lowest BCUT2D eigenvalue weighted by Gasteiger charge is -2.35. The van der Waals surface area contributed by atoms with E-state index in [-0.39, 0.29) is 28.8 Å². The molecule has 0 saturated carbocycles. The molecule has 2 saturated heterocycles. The Bertz CT molecular complexity index is 809. The van der Waals surface area contributed by atoms with Crippen LogP contribution >= 0.6 is 23.1 Å². The number of rotatable bonds is 3. The van der Waals surface area contributed by atoms with Crippen LogP contribution in [0, 0.1) is 0 Å². The Hall–Kier alpha value is -2.12. The van der Waals surface area contributed by atoms with Crippen LogP contribution in [0.3, 0.4) is 0 Å². The van der Waals surface area contributed by atoms with Gasteiger partial charge in [0.1, 0.15) is 0 Å². The second-order valence-electron chi connectivity index (χ2n) is 6.40. The number of likely N-dealkylation sites (tertiary alicyclic amines) is 1. The molecule has 0 spiro atoms. The molecule has 0 N–H and O–H groups in total. The van der Waals surface area contributed by atoms with E-state index in [9.17, 15) is 14.4 Å². The first kappa shape index (κ1) is 17.3. The molecule has 0 radical (unpaired) electrons. The standard InChI is InChI=1S/C19H18N2O3S2/c22-17-12-26-19(24)21(17)15-7-9-20(10-8-15)18(23)14-5-3-13(4-6-14)16-2-1-11-25-16/h1-6,11,15H,7-10,12H2. The first-order valence-corrected chi connectivity index (χ1v) is 10.4. The monoisotopic (exact) mass is 386 g/mol. The fourth-order valence-corrected chi connectivity index (χ4v) is 4.96. The van der Waals surface area contributed by atoms with Crippen molar-refractivity contribution in [1.82, 2.24) is 9.80 Å². The van der Waals surface area contributed by atoms with Crippen LogP contribution in [0.2, 0.25) is 0 Å². The van der Waals surface area contributed by atoms with Crippen LogP contribution in [0.15, 0.2) is 41.8 Å². The number of nitrogens with zero attached hydrogens (tertiary/aromatic N) is 2. The number of hydrogen-bond acceptors (Lipinski definition) is 5. The molecule has 2 aromatic rings. The van der Waals surface area contributed by atoms with Crippen molar-refractivity contribution in [2.45, 2.75) is 18.9 Å². The normalized spacial score (nSPS) is 18.6. The van der Waals surface area contributed by atoms with E-state index < -0.39 is 0 Å². The molecule has 4 rings (SSSR count). The molecule has 1 aromatic heterocycles. The lowest BCUT2D eigenvalue weighted by Crippen LogP contribution is -2.48. The number of benzene rings is 1. The van der Waals surface area contributed by atoms with Gasteiger partial charge < -0.3 is 4.90 Å². The van der Waals surface area contributed by atoms with Crippen molar-refractivity contribution in [2.75, 3.05) is 18.8 Å². The van der Waals surface area contributed by atoms with Gasteiger partial charge >= 0.3 is 0 Å². The molecular formula is C19H18N2O3S2. The van der Waals surface area contributed by atoms with Crippen molar-refractivity contribution < 1.29 is 14.4 Å². The summed E-state index contributed by atoms with van der Waals surface area (Å²) < 4.78 is 0. The molecule has 0 aliphatic carbocycles. The van der Waals surface area contributed by atoms with Crippen molar-refractivity contribution in [3.05, 3.63) is 47.3 Å². The molecule has 3 heterocycles. The minimum absolute atomic E-state index is 0.00892. The van der Waals surface area contributed by atoms with Gasteiger partial charge in [-0.3, -0.25) is 19.3 Å². The van der Waals surface area contributed by atoms with Gasteiger partial charge in [0.05, 0.1) is 5.75 Å². The Morgan fingerprint density at radius 3 is 2.35 bits per heavy atom. The zero-order valence-corrected chi connectivity index (χ0v) is 15.7. The summed E-state index contributed by atoms with van der Waals surface area (Å²) >= 11 is 2.74. The van der Waals surface area contributed by atoms with E-state index in [2.05, 4.69) is 6.07 Å². The summed E-state index contributed by atoms with van der Waals surface area (Å²) in [5, 5.41) is 1.89. The Balaban J connectivity index is 1.39. The van der Waals surface area contributed by atoms with Crippen LogP contribution in [0.5, 0.6) is 0 Å². The second-order valence-corrected chi connectivity index (χ2v) is 8.27. The molecule has 3 amide bonds. The molecule has 2 aliphatic heterocycles. The maximum Gasteiger partial charge on any atom is 0.289 e. The minimum Gasteiger partial charge on any atom is -0.338 e. The Kier molecular flexibility index (Phi) is 4.82. The summed E-state index contributed by atoms with van der Waals surface area (Å²) in [5.41, 5.74) is 1.78. The van der Waals surface area contributed by atoms with Gasteiger partial charge in [0.2, 0.25) is 5.91 Å². The third kappa shape index (κ3) is 3.29. The fraction of sp³-hybridized carbons (Fsp3) is 0.316. The zero-order valence-electron chi connectivity index (χ0n) is 14.1. The average molecular weight is 386 g/mol. The van der Waals surface area contributed by atoms with Gasteiger partial charge in [0.25, 0.3) is 11.1 Å². The van der Waals surface area contributed by atoms with E-state index >= 15 is 0 Å². The van der Waals surface area contributed by atoms with Gasteiger partial charge in [0, 0.05) is 29.6 Å². The van der Waals surface area contributed by atoms with Crippen molar-refractivity contribution in [3.63, 3.8) is 0 Å². The molecule has 26 heavy (non-hydrogen) atoms. The number of carbonyl (C=O) groups is 3. The summed E-state index contributed by atoms with van der Waals surface area (Å²) in [6.45, 7) is 1.13. The molecule has 2 aliphatic rings. The number of carbonyl (C=O) groups excluding carboxylic acids is 3. The van der Waals surface area contributed by atoms with Gasteiger partial charge in [-0.1, -0.05) is 30.0 Å². The molecular weight excluding hydrogens is 368 g/mol. The molecule has 2 fully saturated rings. The van der Waals surface area contributed by atoms with Crippen LogP contribution in [0.4, 0.5) is 4.79 Å². The molecule has 1 aromatic carbocycles. The molecule has 0 atom stereocenters. The van der Waals surface area contributed by atoms with Gasteiger partial charge in [0.15, 0.2) is 0 Å². The molecule has 134 valence electrons. The van der Waals surface area contributed by atoms with Crippen molar-refractivity contribution in [2.24, 2.45) is 0 Å². The highest BCUT2D eigenvalue weighted by molar-refractivity contribution is 8.14. The predicted molar refractivity (Wildman–Crippen MR) is 103 cm³/mol. The number of imide groups is 1. The summed E-state index contributed by atoms with van der Waals surface area (Å²) in [7, 11) is 0. The maximum atomic E-state index is 12.7. The van der Waals surface area contributed by atoms with Gasteiger partial charge in [-0.05, 0) is 42.0 Å². The number of piperidine rings is 1. The number of thiophene rings is 1. The van der Waals surface area contributed by atoms with Gasteiger partial charge in [-0.25, -0.2) is 0 Å². The molecule has 5 nitrogen and oxygen atoms in total. The molecule has 7 heteroatoms. The summed E-state index contributed by atoms with van der Waals surface area (Å²) in [6, 6.07) is 11.7. The number of thioether (sulfide) groups is 1. The average Bonchev–Trinajstić information content (AvgIpc) is 3.32. The Morgan fingerprint density at radius 2 is 1.77 bits per heavy atom. The maximum absolute atomic E-state index is 12.7. The van der Waals surface area contributed by atoms with Crippen LogP contribution in [-0.2, 0) is 4.79 Å². The molecule has 0 bridgehead atoms. The summed E-state index contributed by atoms with van der Waals surface area (Å²) in [6.07, 6.45) is 1.30. The highest BCUT2D eigenvalue weighted by Crippen LogP contribution is 2.28. The number of amides is 3. The topological polar surface area (TPSA) is 57.7 Å². The highest BCUT2D eigenvalue weighted by Gasteiger charge is 2.38. The first-order chi connectivity index (χ1) is 12.6. The second kappa shape index (κ2) is 7.25. The van der Waals surface area contributed by atoms with Crippen molar-refractivity contribution in [3.8, 4) is 10.4 Å². The lowest BCUT2D eigenvalue weighted by molar-refractivity contribution is -0.126. The predicted octanol–water partition coefficient (Wildman–Crippen LogP) is 3.72. The van der Waals surface area contributed by atoms with E-state index in [1.807, 2.05) is 40.6 Å². The van der Waals surface area contributed by atoms with E-state index in [1.54, 1.807) is 11.3 Å². The largest absolute Gasteiger partial charge is 0.338 e. The summed E-state index contributed by atoms with van der Waals surface area (Å²) in [5.74, 6) is 0.151. The third-order valence-electron chi connectivity index (χ3n) is 4.84. The smallest absolute Gasteiger partial charge is 0.289 e. The highest BCUT2D eigenvalue weighted by atomic mass is 32.2. The Morgan fingerprint density at radius 1 is 1.04 bits per heavy atom. The van der Waals surface area contributed by atoms with Crippen LogP contribution in [0.25, 0.3) is 10.4 Å². The van der Waals surface area contributed by atoms with Crippen LogP contribution < -0.4 is 0 Å². The first-order valence-electron chi connectivity index (χ1n) is 8.55. The Labute approximate surface area is 160 Å². The quantitative estimate of drug-likeness (QED) is 0.807.